The van der Waals surface area contributed by atoms with Crippen LogP contribution in [0.15, 0.2) is 85.4 Å². The van der Waals surface area contributed by atoms with Crippen LogP contribution >= 0.6 is 0 Å². The van der Waals surface area contributed by atoms with E-state index in [-0.39, 0.29) is 0 Å². The Bertz CT molecular complexity index is 1110. The van der Waals surface area contributed by atoms with Crippen molar-refractivity contribution in [1.82, 2.24) is 0 Å². The molecular weight excluding hydrogens is 338 g/mol. The van der Waals surface area contributed by atoms with Crippen molar-refractivity contribution in [2.75, 3.05) is 0 Å². The van der Waals surface area contributed by atoms with Gasteiger partial charge in [-0.2, -0.15) is 0 Å². The van der Waals surface area contributed by atoms with Crippen molar-refractivity contribution in [3.63, 3.8) is 0 Å². The predicted molar refractivity (Wildman–Crippen MR) is 126 cm³/mol. The van der Waals surface area contributed by atoms with Crippen LogP contribution in [0.2, 0.25) is 0 Å². The van der Waals surface area contributed by atoms with Gasteiger partial charge in [0.25, 0.3) is 0 Å². The zero-order valence-corrected chi connectivity index (χ0v) is 16.6. The van der Waals surface area contributed by atoms with E-state index in [2.05, 4.69) is 80.2 Å². The van der Waals surface area contributed by atoms with E-state index in [4.69, 9.17) is 0 Å². The minimum Gasteiger partial charge on any atom is -0.256 e. The smallest absolute Gasteiger partial charge is 0.0630 e. The minimum atomic E-state index is 0.740. The molecule has 0 bridgehead atoms. The van der Waals surface area contributed by atoms with E-state index in [1.54, 1.807) is 0 Å². The van der Waals surface area contributed by atoms with Crippen LogP contribution in [0.4, 0.5) is 0 Å². The maximum absolute atomic E-state index is 4.66. The molecule has 0 N–H and O–H groups in total. The third-order valence-corrected chi connectivity index (χ3v) is 4.89. The van der Waals surface area contributed by atoms with Gasteiger partial charge in [-0.15, -0.1) is 0 Å². The Morgan fingerprint density at radius 1 is 0.964 bits per heavy atom. The summed E-state index contributed by atoms with van der Waals surface area (Å²) in [7, 11) is 0. The number of hydrogen-bond acceptors (Lipinski definition) is 1. The highest BCUT2D eigenvalue weighted by molar-refractivity contribution is 6.18. The maximum atomic E-state index is 4.66. The van der Waals surface area contributed by atoms with Crippen LogP contribution in [0.5, 0.6) is 0 Å². The lowest BCUT2D eigenvalue weighted by Crippen LogP contribution is -1.96. The molecule has 28 heavy (non-hydrogen) atoms. The van der Waals surface area contributed by atoms with E-state index in [0.29, 0.717) is 0 Å². The summed E-state index contributed by atoms with van der Waals surface area (Å²) >= 11 is 0. The van der Waals surface area contributed by atoms with E-state index in [9.17, 15) is 0 Å². The molecule has 1 nitrogen and oxygen atoms in total. The molecule has 0 saturated carbocycles. The van der Waals surface area contributed by atoms with Crippen molar-refractivity contribution in [3.05, 3.63) is 108 Å². The Morgan fingerprint density at radius 3 is 2.32 bits per heavy atom. The molecule has 0 fully saturated rings. The van der Waals surface area contributed by atoms with Crippen LogP contribution in [0.25, 0.3) is 34.2 Å². The third-order valence-electron chi connectivity index (χ3n) is 4.89. The van der Waals surface area contributed by atoms with Gasteiger partial charge in [-0.05, 0) is 58.5 Å². The lowest BCUT2D eigenvalue weighted by Gasteiger charge is -2.15. The van der Waals surface area contributed by atoms with E-state index >= 15 is 0 Å². The Hall–Kier alpha value is -3.45. The number of nitrogens with zero attached hydrogens (tertiary/aromatic N) is 1. The summed E-state index contributed by atoms with van der Waals surface area (Å²) in [4.78, 5) is 4.66. The lowest BCUT2D eigenvalue weighted by molar-refractivity contribution is 1.44. The molecule has 0 unspecified atom stereocenters. The average Bonchev–Trinajstić information content (AvgIpc) is 2.73. The molecule has 0 aliphatic carbocycles. The standard InChI is InChI=1S/C27H25N/c1-6-21-17-24-11-9-10-12-26(24)27(25(21)8-3)22(7-2)18-28-20(5)23-15-13-19(4)14-16-23/h6-18H,1,3,5H2,2,4H3/b22-7+,28-18?. The quantitative estimate of drug-likeness (QED) is 0.400. The third kappa shape index (κ3) is 3.79. The largest absolute Gasteiger partial charge is 0.256 e. The second kappa shape index (κ2) is 8.49. The minimum absolute atomic E-state index is 0.740. The maximum Gasteiger partial charge on any atom is 0.0630 e. The van der Waals surface area contributed by atoms with Gasteiger partial charge in [0.2, 0.25) is 0 Å². The van der Waals surface area contributed by atoms with E-state index in [1.165, 1.54) is 16.3 Å². The summed E-state index contributed by atoms with van der Waals surface area (Å²) in [5.41, 5.74) is 7.25. The lowest BCUT2D eigenvalue weighted by atomic mass is 9.89. The topological polar surface area (TPSA) is 12.4 Å². The van der Waals surface area contributed by atoms with Gasteiger partial charge in [-0.25, -0.2) is 0 Å². The first-order valence-corrected chi connectivity index (χ1v) is 9.36. The molecule has 0 aliphatic heterocycles. The molecule has 3 aromatic rings. The number of aryl methyl sites for hydroxylation is 1. The van der Waals surface area contributed by atoms with Gasteiger partial charge in [0, 0.05) is 6.21 Å². The molecular formula is C27H25N. The molecule has 138 valence electrons. The zero-order chi connectivity index (χ0) is 20.1. The average molecular weight is 364 g/mol. The molecule has 3 aromatic carbocycles. The first-order chi connectivity index (χ1) is 13.6. The Kier molecular flexibility index (Phi) is 5.86. The normalized spacial score (nSPS) is 11.7. The molecule has 0 aromatic heterocycles. The first kappa shape index (κ1) is 19.3. The van der Waals surface area contributed by atoms with Crippen LogP contribution in [-0.2, 0) is 0 Å². The summed E-state index contributed by atoms with van der Waals surface area (Å²) in [6.45, 7) is 16.2. The molecule has 0 saturated heterocycles. The zero-order valence-electron chi connectivity index (χ0n) is 16.6. The van der Waals surface area contributed by atoms with Crippen LogP contribution < -0.4 is 0 Å². The van der Waals surface area contributed by atoms with Crippen molar-refractivity contribution in [2.24, 2.45) is 4.99 Å². The van der Waals surface area contributed by atoms with E-state index in [1.807, 2.05) is 37.4 Å². The van der Waals surface area contributed by atoms with Gasteiger partial charge in [0.15, 0.2) is 0 Å². The first-order valence-electron chi connectivity index (χ1n) is 9.36. The fourth-order valence-corrected chi connectivity index (χ4v) is 3.34. The predicted octanol–water partition coefficient (Wildman–Crippen LogP) is 7.58. The van der Waals surface area contributed by atoms with Gasteiger partial charge in [-0.1, -0.05) is 92.1 Å². The number of fused-ring (bicyclic) bond motifs is 1. The highest BCUT2D eigenvalue weighted by Crippen LogP contribution is 2.32. The van der Waals surface area contributed by atoms with Gasteiger partial charge in [-0.3, -0.25) is 4.99 Å². The second-order valence-electron chi connectivity index (χ2n) is 6.70. The second-order valence-corrected chi connectivity index (χ2v) is 6.70. The fraction of sp³-hybridized carbons (Fsp3) is 0.0741. The van der Waals surface area contributed by atoms with Crippen molar-refractivity contribution in [1.29, 1.82) is 0 Å². The van der Waals surface area contributed by atoms with Crippen molar-refractivity contribution >= 4 is 40.4 Å². The Morgan fingerprint density at radius 2 is 1.68 bits per heavy atom. The molecule has 1 heteroatoms. The van der Waals surface area contributed by atoms with Crippen LogP contribution in [0, 0.1) is 6.92 Å². The molecule has 3 rings (SSSR count). The number of allylic oxidation sites excluding steroid dienone is 2. The molecule has 0 spiro atoms. The van der Waals surface area contributed by atoms with Gasteiger partial charge in [0.05, 0.1) is 5.70 Å². The monoisotopic (exact) mass is 363 g/mol. The van der Waals surface area contributed by atoms with Crippen molar-refractivity contribution < 1.29 is 0 Å². The summed E-state index contributed by atoms with van der Waals surface area (Å²) in [6.07, 6.45) is 7.74. The molecule has 0 atom stereocenters. The molecule has 0 amide bonds. The van der Waals surface area contributed by atoms with Crippen LogP contribution in [-0.4, -0.2) is 6.21 Å². The summed E-state index contributed by atoms with van der Waals surface area (Å²) in [5, 5.41) is 2.34. The summed E-state index contributed by atoms with van der Waals surface area (Å²) in [6, 6.07) is 18.8. The number of rotatable bonds is 6. The van der Waals surface area contributed by atoms with E-state index < -0.39 is 0 Å². The van der Waals surface area contributed by atoms with Gasteiger partial charge in [0.1, 0.15) is 0 Å². The van der Waals surface area contributed by atoms with Crippen molar-refractivity contribution in [2.45, 2.75) is 13.8 Å². The molecule has 0 heterocycles. The molecule has 0 aliphatic rings. The number of aliphatic imine (C=N–C) groups is 1. The van der Waals surface area contributed by atoms with Gasteiger partial charge >= 0.3 is 0 Å². The molecule has 0 radical (unpaired) electrons. The Labute approximate surface area is 167 Å². The fourth-order valence-electron chi connectivity index (χ4n) is 3.34. The highest BCUT2D eigenvalue weighted by Gasteiger charge is 2.12. The number of hydrogen-bond donors (Lipinski definition) is 0. The highest BCUT2D eigenvalue weighted by atomic mass is 14.7. The van der Waals surface area contributed by atoms with Crippen molar-refractivity contribution in [3.8, 4) is 0 Å². The number of benzene rings is 3. The van der Waals surface area contributed by atoms with Gasteiger partial charge < -0.3 is 0 Å². The Balaban J connectivity index is 2.11. The van der Waals surface area contributed by atoms with Crippen LogP contribution in [0.3, 0.4) is 0 Å². The van der Waals surface area contributed by atoms with Crippen LogP contribution in [0.1, 0.15) is 34.7 Å². The van der Waals surface area contributed by atoms with E-state index in [0.717, 1.165) is 33.5 Å². The summed E-state index contributed by atoms with van der Waals surface area (Å²) in [5.74, 6) is 0. The SMILES string of the molecule is C=Cc1cc2ccccc2c(/C(C=NC(=C)c2ccc(C)cc2)=C/C)c1C=C. The summed E-state index contributed by atoms with van der Waals surface area (Å²) < 4.78 is 0.